The minimum Gasteiger partial charge on any atom is -0.465 e. The number of nitrogens with zero attached hydrogens (tertiary/aromatic N) is 1. The van der Waals surface area contributed by atoms with E-state index in [9.17, 15) is 9.59 Å². The lowest BCUT2D eigenvalue weighted by Gasteiger charge is -2.07. The summed E-state index contributed by atoms with van der Waals surface area (Å²) in [6.45, 7) is 2.09. The number of thiazole rings is 1. The SMILES string of the molecule is CCCC[C@H](Br)C(=O)Nc1nc2ccc(C(=O)OC)cc2s1. The first-order valence-electron chi connectivity index (χ1n) is 6.99. The average Bonchev–Trinajstić information content (AvgIpc) is 2.92. The van der Waals surface area contributed by atoms with Crippen LogP contribution in [0, 0.1) is 0 Å². The van der Waals surface area contributed by atoms with Gasteiger partial charge in [-0.2, -0.15) is 0 Å². The normalized spacial score (nSPS) is 12.1. The van der Waals surface area contributed by atoms with Gasteiger partial charge in [0.05, 0.1) is 27.7 Å². The highest BCUT2D eigenvalue weighted by molar-refractivity contribution is 9.10. The van der Waals surface area contributed by atoms with E-state index in [4.69, 9.17) is 4.74 Å². The summed E-state index contributed by atoms with van der Waals surface area (Å²) in [5, 5.41) is 3.34. The highest BCUT2D eigenvalue weighted by Crippen LogP contribution is 2.27. The third kappa shape index (κ3) is 4.04. The number of unbranched alkanes of at least 4 members (excludes halogenated alkanes) is 1. The highest BCUT2D eigenvalue weighted by atomic mass is 79.9. The van der Waals surface area contributed by atoms with Crippen LogP contribution in [-0.2, 0) is 9.53 Å². The van der Waals surface area contributed by atoms with E-state index in [1.165, 1.54) is 18.4 Å². The summed E-state index contributed by atoms with van der Waals surface area (Å²) in [4.78, 5) is 27.7. The molecule has 0 aliphatic rings. The number of benzene rings is 1. The molecule has 0 aliphatic heterocycles. The quantitative estimate of drug-likeness (QED) is 0.604. The number of hydrogen-bond donors (Lipinski definition) is 1. The summed E-state index contributed by atoms with van der Waals surface area (Å²) < 4.78 is 5.53. The molecule has 1 amide bonds. The number of methoxy groups -OCH3 is 1. The molecule has 0 aliphatic carbocycles. The zero-order valence-electron chi connectivity index (χ0n) is 12.4. The van der Waals surface area contributed by atoms with Crippen LogP contribution in [0.25, 0.3) is 10.2 Å². The second-order valence-electron chi connectivity index (χ2n) is 4.79. The third-order valence-corrected chi connectivity index (χ3v) is 4.94. The van der Waals surface area contributed by atoms with Crippen LogP contribution in [0.1, 0.15) is 36.5 Å². The van der Waals surface area contributed by atoms with Crippen molar-refractivity contribution in [2.24, 2.45) is 0 Å². The number of carbonyl (C=O) groups excluding carboxylic acids is 2. The van der Waals surface area contributed by atoms with Crippen LogP contribution in [0.5, 0.6) is 0 Å². The molecule has 0 saturated heterocycles. The van der Waals surface area contributed by atoms with Crippen molar-refractivity contribution in [2.45, 2.75) is 31.0 Å². The van der Waals surface area contributed by atoms with E-state index < -0.39 is 0 Å². The number of esters is 1. The number of hydrogen-bond acceptors (Lipinski definition) is 5. The second kappa shape index (κ2) is 7.69. The smallest absolute Gasteiger partial charge is 0.337 e. The summed E-state index contributed by atoms with van der Waals surface area (Å²) in [7, 11) is 1.34. The van der Waals surface area contributed by atoms with Crippen molar-refractivity contribution in [3.05, 3.63) is 23.8 Å². The fourth-order valence-electron chi connectivity index (χ4n) is 1.92. The van der Waals surface area contributed by atoms with Gasteiger partial charge in [0, 0.05) is 0 Å². The van der Waals surface area contributed by atoms with E-state index in [2.05, 4.69) is 33.2 Å². The number of fused-ring (bicyclic) bond motifs is 1. The Balaban J connectivity index is 2.12. The zero-order chi connectivity index (χ0) is 16.1. The van der Waals surface area contributed by atoms with Gasteiger partial charge in [0.1, 0.15) is 0 Å². The number of ether oxygens (including phenoxy) is 1. The molecule has 7 heteroatoms. The van der Waals surface area contributed by atoms with Crippen molar-refractivity contribution in [2.75, 3.05) is 12.4 Å². The molecule has 0 bridgehead atoms. The molecule has 0 radical (unpaired) electrons. The first-order chi connectivity index (χ1) is 10.5. The van der Waals surface area contributed by atoms with E-state index in [0.717, 1.165) is 29.5 Å². The minimum atomic E-state index is -0.388. The lowest BCUT2D eigenvalue weighted by Crippen LogP contribution is -2.22. The van der Waals surface area contributed by atoms with Gasteiger partial charge in [-0.05, 0) is 24.6 Å². The molecular weight excluding hydrogens is 368 g/mol. The molecule has 118 valence electrons. The molecular formula is C15H17BrN2O3S. The van der Waals surface area contributed by atoms with Crippen molar-refractivity contribution in [1.29, 1.82) is 0 Å². The monoisotopic (exact) mass is 384 g/mol. The Morgan fingerprint density at radius 2 is 2.23 bits per heavy atom. The fourth-order valence-corrected chi connectivity index (χ4v) is 3.27. The number of rotatable bonds is 6. The third-order valence-electron chi connectivity index (χ3n) is 3.14. The summed E-state index contributed by atoms with van der Waals surface area (Å²) in [6.07, 6.45) is 2.83. The van der Waals surface area contributed by atoms with E-state index in [0.29, 0.717) is 10.7 Å². The molecule has 1 N–H and O–H groups in total. The second-order valence-corrected chi connectivity index (χ2v) is 6.93. The first-order valence-corrected chi connectivity index (χ1v) is 8.72. The van der Waals surface area contributed by atoms with Crippen LogP contribution in [0.3, 0.4) is 0 Å². The number of nitrogens with one attached hydrogen (secondary N) is 1. The van der Waals surface area contributed by atoms with E-state index in [1.54, 1.807) is 18.2 Å². The summed E-state index contributed by atoms with van der Waals surface area (Å²) >= 11 is 4.73. The van der Waals surface area contributed by atoms with Gasteiger partial charge in [-0.15, -0.1) is 0 Å². The van der Waals surface area contributed by atoms with Crippen molar-refractivity contribution in [1.82, 2.24) is 4.98 Å². The van der Waals surface area contributed by atoms with Gasteiger partial charge < -0.3 is 10.1 Å². The topological polar surface area (TPSA) is 68.3 Å². The largest absolute Gasteiger partial charge is 0.465 e. The Hall–Kier alpha value is -1.47. The van der Waals surface area contributed by atoms with Crippen molar-refractivity contribution in [3.8, 4) is 0 Å². The number of halogens is 1. The molecule has 2 aromatic rings. The van der Waals surface area contributed by atoms with Crippen LogP contribution in [0.15, 0.2) is 18.2 Å². The van der Waals surface area contributed by atoms with Crippen LogP contribution in [-0.4, -0.2) is 28.8 Å². The van der Waals surface area contributed by atoms with Crippen LogP contribution < -0.4 is 5.32 Å². The highest BCUT2D eigenvalue weighted by Gasteiger charge is 2.16. The van der Waals surface area contributed by atoms with Gasteiger partial charge in [-0.1, -0.05) is 47.0 Å². The molecule has 22 heavy (non-hydrogen) atoms. The molecule has 0 unspecified atom stereocenters. The van der Waals surface area contributed by atoms with Crippen molar-refractivity contribution >= 4 is 54.5 Å². The minimum absolute atomic E-state index is 0.0966. The summed E-state index contributed by atoms with van der Waals surface area (Å²) in [5.74, 6) is -0.485. The van der Waals surface area contributed by atoms with Crippen molar-refractivity contribution in [3.63, 3.8) is 0 Å². The Kier molecular flexibility index (Phi) is 5.90. The first kappa shape index (κ1) is 16.9. The molecule has 0 fully saturated rings. The maximum atomic E-state index is 12.1. The van der Waals surface area contributed by atoms with Gasteiger partial charge in [-0.3, -0.25) is 4.79 Å². The van der Waals surface area contributed by atoms with Gasteiger partial charge in [0.2, 0.25) is 5.91 Å². The van der Waals surface area contributed by atoms with Gasteiger partial charge in [0.15, 0.2) is 5.13 Å². The molecule has 0 saturated carbocycles. The standard InChI is InChI=1S/C15H17BrN2O3S/c1-3-4-5-10(16)13(19)18-15-17-11-7-6-9(14(20)21-2)8-12(11)22-15/h6-8,10H,3-5H2,1-2H3,(H,17,18,19)/t10-/m0/s1. The molecule has 2 rings (SSSR count). The van der Waals surface area contributed by atoms with Crippen LogP contribution in [0.2, 0.25) is 0 Å². The van der Waals surface area contributed by atoms with Gasteiger partial charge in [-0.25, -0.2) is 9.78 Å². The summed E-state index contributed by atoms with van der Waals surface area (Å²) in [5.41, 5.74) is 1.21. The number of anilines is 1. The Bertz CT molecular complexity index is 686. The number of amides is 1. The zero-order valence-corrected chi connectivity index (χ0v) is 14.8. The molecule has 1 atom stereocenters. The molecule has 1 aromatic heterocycles. The molecule has 0 spiro atoms. The molecule has 5 nitrogen and oxygen atoms in total. The van der Waals surface area contributed by atoms with Crippen LogP contribution >= 0.6 is 27.3 Å². The summed E-state index contributed by atoms with van der Waals surface area (Å²) in [6, 6.07) is 5.13. The Morgan fingerprint density at radius 1 is 1.45 bits per heavy atom. The lowest BCUT2D eigenvalue weighted by molar-refractivity contribution is -0.115. The predicted molar refractivity (Wildman–Crippen MR) is 91.8 cm³/mol. The van der Waals surface area contributed by atoms with Gasteiger partial charge >= 0.3 is 5.97 Å². The Labute approximate surface area is 141 Å². The van der Waals surface area contributed by atoms with Crippen LogP contribution in [0.4, 0.5) is 5.13 Å². The maximum Gasteiger partial charge on any atom is 0.337 e. The predicted octanol–water partition coefficient (Wildman–Crippen LogP) is 3.98. The average molecular weight is 385 g/mol. The molecule has 1 aromatic carbocycles. The van der Waals surface area contributed by atoms with Crippen molar-refractivity contribution < 1.29 is 14.3 Å². The number of alkyl halides is 1. The number of aromatic nitrogens is 1. The number of carbonyl (C=O) groups is 2. The van der Waals surface area contributed by atoms with E-state index in [-0.39, 0.29) is 16.7 Å². The molecule has 1 heterocycles. The van der Waals surface area contributed by atoms with E-state index >= 15 is 0 Å². The Morgan fingerprint density at radius 3 is 2.91 bits per heavy atom. The fraction of sp³-hybridized carbons (Fsp3) is 0.400. The van der Waals surface area contributed by atoms with Gasteiger partial charge in [0.25, 0.3) is 0 Å². The maximum absolute atomic E-state index is 12.1. The lowest BCUT2D eigenvalue weighted by atomic mass is 10.2. The van der Waals surface area contributed by atoms with E-state index in [1.807, 2.05) is 0 Å².